The largest absolute Gasteiger partial charge is 0.480 e. The summed E-state index contributed by atoms with van der Waals surface area (Å²) in [4.78, 5) is 35.1. The van der Waals surface area contributed by atoms with Crippen molar-refractivity contribution in [3.05, 3.63) is 0 Å². The number of amides is 3. The highest BCUT2D eigenvalue weighted by atomic mass is 16.5. The summed E-state index contributed by atoms with van der Waals surface area (Å²) >= 11 is 0. The maximum absolute atomic E-state index is 12.0. The fourth-order valence-corrected chi connectivity index (χ4v) is 2.49. The predicted octanol–water partition coefficient (Wildman–Crippen LogP) is 0.367. The van der Waals surface area contributed by atoms with E-state index in [4.69, 9.17) is 5.73 Å². The molecule has 0 spiro atoms. The van der Waals surface area contributed by atoms with Gasteiger partial charge in [-0.25, -0.2) is 14.4 Å². The number of rotatable bonds is 4. The Morgan fingerprint density at radius 2 is 2.10 bits per heavy atom. The van der Waals surface area contributed by atoms with E-state index in [1.165, 1.54) is 4.90 Å². The topological polar surface area (TPSA) is 122 Å². The number of ether oxygens (including phenoxy) is 1. The molecule has 114 valence electrons. The van der Waals surface area contributed by atoms with E-state index in [1.54, 1.807) is 0 Å². The van der Waals surface area contributed by atoms with E-state index in [0.717, 1.165) is 12.8 Å². The molecule has 0 aromatic rings. The second-order valence-corrected chi connectivity index (χ2v) is 5.43. The summed E-state index contributed by atoms with van der Waals surface area (Å²) in [6.45, 7) is 4.10. The van der Waals surface area contributed by atoms with Gasteiger partial charge in [0.05, 0.1) is 6.54 Å². The molecule has 1 heterocycles. The predicted molar refractivity (Wildman–Crippen MR) is 70.1 cm³/mol. The van der Waals surface area contributed by atoms with Gasteiger partial charge in [0.15, 0.2) is 0 Å². The fourth-order valence-electron chi connectivity index (χ4n) is 2.49. The van der Waals surface area contributed by atoms with E-state index in [1.807, 2.05) is 13.8 Å². The molecule has 1 atom stereocenters. The van der Waals surface area contributed by atoms with Gasteiger partial charge in [-0.05, 0) is 18.3 Å². The van der Waals surface area contributed by atoms with Crippen molar-refractivity contribution in [1.82, 2.24) is 10.2 Å². The highest BCUT2D eigenvalue weighted by Crippen LogP contribution is 2.35. The summed E-state index contributed by atoms with van der Waals surface area (Å²) in [7, 11) is 0. The molecule has 1 saturated heterocycles. The number of primary amides is 1. The average molecular weight is 287 g/mol. The molecule has 0 radical (unpaired) electrons. The maximum atomic E-state index is 12.0. The molecule has 4 N–H and O–H groups in total. The van der Waals surface area contributed by atoms with Crippen molar-refractivity contribution in [2.24, 2.45) is 11.1 Å². The average Bonchev–Trinajstić information content (AvgIpc) is 2.32. The lowest BCUT2D eigenvalue weighted by molar-refractivity contribution is -0.148. The minimum Gasteiger partial charge on any atom is -0.480 e. The number of aliphatic carboxylic acids is 1. The molecule has 0 saturated carbocycles. The molecule has 1 unspecified atom stereocenters. The van der Waals surface area contributed by atoms with Crippen LogP contribution < -0.4 is 11.1 Å². The Balaban J connectivity index is 2.60. The zero-order valence-corrected chi connectivity index (χ0v) is 11.7. The zero-order chi connectivity index (χ0) is 15.3. The third-order valence-corrected chi connectivity index (χ3v) is 3.39. The lowest BCUT2D eigenvalue weighted by Crippen LogP contribution is -2.58. The Bertz CT molecular complexity index is 397. The lowest BCUT2D eigenvalue weighted by Gasteiger charge is -2.43. The Kier molecular flexibility index (Phi) is 5.18. The quantitative estimate of drug-likeness (QED) is 0.645. The molecule has 3 amide bonds. The molecule has 0 aliphatic carbocycles. The van der Waals surface area contributed by atoms with Crippen molar-refractivity contribution in [3.8, 4) is 0 Å². The van der Waals surface area contributed by atoms with Gasteiger partial charge in [0.2, 0.25) is 0 Å². The van der Waals surface area contributed by atoms with Crippen LogP contribution in [0, 0.1) is 5.41 Å². The molecule has 1 aliphatic heterocycles. The number of carboxylic acid groups (broad SMARTS) is 1. The van der Waals surface area contributed by atoms with Crippen LogP contribution in [0.15, 0.2) is 0 Å². The second-order valence-electron chi connectivity index (χ2n) is 5.43. The highest BCUT2D eigenvalue weighted by molar-refractivity contribution is 5.83. The van der Waals surface area contributed by atoms with E-state index in [2.05, 4.69) is 10.1 Å². The van der Waals surface area contributed by atoms with Gasteiger partial charge >= 0.3 is 18.1 Å². The Hall–Kier alpha value is -1.99. The van der Waals surface area contributed by atoms with Crippen molar-refractivity contribution in [3.63, 3.8) is 0 Å². The normalized spacial score (nSPS) is 21.1. The Labute approximate surface area is 117 Å². The van der Waals surface area contributed by atoms with E-state index in [9.17, 15) is 19.5 Å². The number of nitrogens with two attached hydrogens (primary N) is 1. The minimum absolute atomic E-state index is 0.0456. The number of urea groups is 1. The molecule has 0 aromatic heterocycles. The van der Waals surface area contributed by atoms with Crippen LogP contribution in [0.2, 0.25) is 0 Å². The number of hydrogen-bond acceptors (Lipinski definition) is 4. The number of carboxylic acids is 1. The summed E-state index contributed by atoms with van der Waals surface area (Å²) < 4.78 is 4.48. The number of carbonyl (C=O) groups is 3. The van der Waals surface area contributed by atoms with Crippen LogP contribution in [0.4, 0.5) is 9.59 Å². The first-order valence-corrected chi connectivity index (χ1v) is 6.45. The van der Waals surface area contributed by atoms with Crippen LogP contribution in [0.3, 0.4) is 0 Å². The van der Waals surface area contributed by atoms with Gasteiger partial charge in [-0.2, -0.15) is 0 Å². The van der Waals surface area contributed by atoms with Gasteiger partial charge in [-0.3, -0.25) is 0 Å². The molecular formula is C12H21N3O5. The van der Waals surface area contributed by atoms with E-state index >= 15 is 0 Å². The van der Waals surface area contributed by atoms with E-state index in [0.29, 0.717) is 6.54 Å². The molecule has 0 aromatic carbocycles. The van der Waals surface area contributed by atoms with Gasteiger partial charge in [0.25, 0.3) is 0 Å². The zero-order valence-electron chi connectivity index (χ0n) is 11.7. The van der Waals surface area contributed by atoms with Crippen LogP contribution in [0.25, 0.3) is 0 Å². The van der Waals surface area contributed by atoms with Gasteiger partial charge in [-0.1, -0.05) is 13.8 Å². The van der Waals surface area contributed by atoms with Gasteiger partial charge in [-0.15, -0.1) is 0 Å². The standard InChI is InChI=1S/C12H21N3O5/c1-12(2)4-3-6-15(8(12)9(16)17)11(19)14-5-7-20-10(13)18/h8H,3-7H2,1-2H3,(H2,13,18)(H,14,19)(H,16,17). The van der Waals surface area contributed by atoms with Gasteiger partial charge in [0, 0.05) is 6.54 Å². The number of piperidine rings is 1. The first-order chi connectivity index (χ1) is 9.25. The smallest absolute Gasteiger partial charge is 0.404 e. The third-order valence-electron chi connectivity index (χ3n) is 3.39. The van der Waals surface area contributed by atoms with Crippen molar-refractivity contribution in [2.45, 2.75) is 32.7 Å². The highest BCUT2D eigenvalue weighted by Gasteiger charge is 2.44. The molecule has 8 heteroatoms. The molecule has 1 rings (SSSR count). The van der Waals surface area contributed by atoms with Gasteiger partial charge in [0.1, 0.15) is 12.6 Å². The molecular weight excluding hydrogens is 266 g/mol. The number of nitrogens with zero attached hydrogens (tertiary/aromatic N) is 1. The van der Waals surface area contributed by atoms with Crippen molar-refractivity contribution in [2.75, 3.05) is 19.7 Å². The maximum Gasteiger partial charge on any atom is 0.404 e. The first-order valence-electron chi connectivity index (χ1n) is 6.45. The molecule has 20 heavy (non-hydrogen) atoms. The van der Waals surface area contributed by atoms with E-state index in [-0.39, 0.29) is 13.2 Å². The Morgan fingerprint density at radius 1 is 1.45 bits per heavy atom. The van der Waals surface area contributed by atoms with Crippen LogP contribution in [-0.4, -0.2) is 53.8 Å². The second kappa shape index (κ2) is 6.44. The summed E-state index contributed by atoms with van der Waals surface area (Å²) in [5, 5.41) is 11.9. The van der Waals surface area contributed by atoms with Crippen LogP contribution >= 0.6 is 0 Å². The molecule has 0 bridgehead atoms. The number of hydrogen-bond donors (Lipinski definition) is 3. The van der Waals surface area contributed by atoms with Crippen LogP contribution in [0.1, 0.15) is 26.7 Å². The SMILES string of the molecule is CC1(C)CCCN(C(=O)NCCOC(N)=O)C1C(=O)O. The summed E-state index contributed by atoms with van der Waals surface area (Å²) in [6.07, 6.45) is 0.585. The lowest BCUT2D eigenvalue weighted by atomic mass is 9.76. The molecule has 1 aliphatic rings. The monoisotopic (exact) mass is 287 g/mol. The third kappa shape index (κ3) is 4.01. The number of nitrogens with one attached hydrogen (secondary N) is 1. The van der Waals surface area contributed by atoms with Crippen molar-refractivity contribution in [1.29, 1.82) is 0 Å². The Morgan fingerprint density at radius 3 is 2.65 bits per heavy atom. The first kappa shape index (κ1) is 16.1. The molecule has 8 nitrogen and oxygen atoms in total. The van der Waals surface area contributed by atoms with E-state index < -0.39 is 29.6 Å². The van der Waals surface area contributed by atoms with Crippen molar-refractivity contribution >= 4 is 18.1 Å². The molecule has 1 fully saturated rings. The van der Waals surface area contributed by atoms with Crippen LogP contribution in [-0.2, 0) is 9.53 Å². The minimum atomic E-state index is -1.02. The number of likely N-dealkylation sites (tertiary alicyclic amines) is 1. The number of carbonyl (C=O) groups excluding carboxylic acids is 2. The van der Waals surface area contributed by atoms with Crippen molar-refractivity contribution < 1.29 is 24.2 Å². The fraction of sp³-hybridized carbons (Fsp3) is 0.750. The summed E-state index contributed by atoms with van der Waals surface area (Å²) in [6, 6.07) is -1.34. The summed E-state index contributed by atoms with van der Waals surface area (Å²) in [5.74, 6) is -1.02. The van der Waals surface area contributed by atoms with Crippen LogP contribution in [0.5, 0.6) is 0 Å². The summed E-state index contributed by atoms with van der Waals surface area (Å²) in [5.41, 5.74) is 4.31. The van der Waals surface area contributed by atoms with Gasteiger partial charge < -0.3 is 25.8 Å².